The molecule has 1 amide bonds. The van der Waals surface area contributed by atoms with Crippen molar-refractivity contribution in [2.75, 3.05) is 19.8 Å². The van der Waals surface area contributed by atoms with Crippen LogP contribution in [-0.2, 0) is 61.9 Å². The van der Waals surface area contributed by atoms with Crippen LogP contribution in [0.1, 0.15) is 86.7 Å². The number of Topliss-reactive ketones (excluding diaryl/α,β-unsaturated/α-hetero) is 1. The lowest BCUT2D eigenvalue weighted by atomic mass is 9.44. The first-order valence-electron chi connectivity index (χ1n) is 25.0. The first-order valence-corrected chi connectivity index (χ1v) is 25.0. The number of rotatable bonds is 15. The van der Waals surface area contributed by atoms with Crippen molar-refractivity contribution >= 4 is 41.5 Å². The molecular weight excluding hydrogens is 1010 g/mol. The monoisotopic (exact) mass is 1070 g/mol. The lowest BCUT2D eigenvalue weighted by Crippen LogP contribution is -2.82. The van der Waals surface area contributed by atoms with E-state index in [1.807, 2.05) is 0 Å². The molecule has 22 nitrogen and oxygen atoms in total. The van der Waals surface area contributed by atoms with Crippen molar-refractivity contribution in [1.82, 2.24) is 5.32 Å². The fourth-order valence-corrected chi connectivity index (χ4v) is 11.9. The average molecular weight is 1070 g/mol. The summed E-state index contributed by atoms with van der Waals surface area (Å²) in [6.45, 7) is 5.51. The van der Waals surface area contributed by atoms with E-state index in [1.54, 1.807) is 66.7 Å². The third-order valence-electron chi connectivity index (χ3n) is 15.9. The van der Waals surface area contributed by atoms with Gasteiger partial charge in [0, 0.05) is 37.7 Å². The van der Waals surface area contributed by atoms with Crippen molar-refractivity contribution in [2.24, 2.45) is 16.7 Å². The summed E-state index contributed by atoms with van der Waals surface area (Å²) < 4.78 is 47.8. The van der Waals surface area contributed by atoms with Crippen LogP contribution in [0.15, 0.2) is 102 Å². The summed E-state index contributed by atoms with van der Waals surface area (Å²) in [5.41, 5.74) is -8.35. The highest BCUT2D eigenvalue weighted by Gasteiger charge is 2.79. The third-order valence-corrected chi connectivity index (χ3v) is 15.9. The normalized spacial score (nSPS) is 33.9. The van der Waals surface area contributed by atoms with Crippen LogP contribution in [0.25, 0.3) is 0 Å². The van der Waals surface area contributed by atoms with Crippen LogP contribution in [0, 0.1) is 16.7 Å². The van der Waals surface area contributed by atoms with Crippen molar-refractivity contribution in [3.05, 3.63) is 119 Å². The first kappa shape index (κ1) is 56.7. The summed E-state index contributed by atoms with van der Waals surface area (Å²) >= 11 is 0. The van der Waals surface area contributed by atoms with E-state index in [4.69, 9.17) is 37.9 Å². The number of carbonyl (C=O) groups is 7. The number of esters is 5. The highest BCUT2D eigenvalue weighted by Crippen LogP contribution is 2.65. The molecule has 16 atom stereocenters. The molecule has 2 saturated carbocycles. The van der Waals surface area contributed by atoms with E-state index in [0.29, 0.717) is 5.56 Å². The Labute approximate surface area is 442 Å². The molecule has 8 rings (SSSR count). The van der Waals surface area contributed by atoms with E-state index >= 15 is 4.79 Å². The topological polar surface area (TPSA) is 327 Å². The number of nitrogens with one attached hydrogen (secondary N) is 1. The average Bonchev–Trinajstić information content (AvgIpc) is 3.45. The summed E-state index contributed by atoms with van der Waals surface area (Å²) in [5.74, 6) is -8.96. The molecule has 0 aromatic heterocycles. The number of hydrogen-bond donors (Lipinski definition) is 7. The number of carbonyl (C=O) groups excluding carboxylic acids is 7. The molecule has 22 heteroatoms. The van der Waals surface area contributed by atoms with Gasteiger partial charge in [-0.15, -0.1) is 0 Å². The van der Waals surface area contributed by atoms with E-state index in [2.05, 4.69) is 5.32 Å². The predicted molar refractivity (Wildman–Crippen MR) is 261 cm³/mol. The summed E-state index contributed by atoms with van der Waals surface area (Å²) in [5, 5.41) is 69.7. The van der Waals surface area contributed by atoms with E-state index < -0.39 is 176 Å². The first-order chi connectivity index (χ1) is 36.4. The van der Waals surface area contributed by atoms with Gasteiger partial charge in [-0.25, -0.2) is 14.4 Å². The Balaban J connectivity index is 1.26. The highest BCUT2D eigenvalue weighted by atomic mass is 16.7. The summed E-state index contributed by atoms with van der Waals surface area (Å²) in [7, 11) is 0. The number of hydrogen-bond acceptors (Lipinski definition) is 21. The number of aliphatic hydroxyl groups excluding tert-OH is 5. The Hall–Kier alpha value is -6.47. The molecule has 0 radical (unpaired) electrons. The number of benzene rings is 3. The molecule has 0 spiro atoms. The minimum Gasteiger partial charge on any atom is -0.459 e. The number of amides is 1. The van der Waals surface area contributed by atoms with Gasteiger partial charge in [-0.1, -0.05) is 80.6 Å². The molecule has 2 heterocycles. The zero-order chi connectivity index (χ0) is 55.9. The SMILES string of the molecule is CC(=O)O[C@H]1C(=O)[C@@]2(C)C(C(OC(=O)c3ccccc3)[C@]3(O)C[C@H](OC(=O)[C@H](O)[C@@H](NC(=O)c4ccccc4)c4ccccc4)C(C)=C1C3(C)C)[C@]1(OC(C)=O)CO[C@@H]1C[C@@H]2OC(=O)CO[C@H]1O[C@H](CO)[C@@H](O)[C@H](O)[C@H]1O. The molecule has 2 saturated heterocycles. The quantitative estimate of drug-likeness (QED) is 0.0637. The van der Waals surface area contributed by atoms with Crippen LogP contribution in [0.3, 0.4) is 0 Å². The van der Waals surface area contributed by atoms with Crippen LogP contribution in [0.2, 0.25) is 0 Å². The summed E-state index contributed by atoms with van der Waals surface area (Å²) in [6.07, 6.45) is -20.6. The van der Waals surface area contributed by atoms with Crippen LogP contribution in [-0.4, -0.2) is 171 Å². The second-order valence-electron chi connectivity index (χ2n) is 20.8. The molecule has 4 fully saturated rings. The smallest absolute Gasteiger partial charge is 0.338 e. The zero-order valence-corrected chi connectivity index (χ0v) is 43.0. The number of ketones is 1. The van der Waals surface area contributed by atoms with Gasteiger partial charge in [-0.05, 0) is 54.8 Å². The van der Waals surface area contributed by atoms with Gasteiger partial charge in [-0.3, -0.25) is 19.2 Å². The van der Waals surface area contributed by atoms with E-state index in [0.717, 1.165) is 13.8 Å². The fraction of sp³-hybridized carbons (Fsp3) is 0.509. The maximum atomic E-state index is 16.3. The number of ether oxygens (including phenoxy) is 8. The maximum absolute atomic E-state index is 16.3. The van der Waals surface area contributed by atoms with Gasteiger partial charge in [0.15, 0.2) is 29.9 Å². The highest BCUT2D eigenvalue weighted by molar-refractivity contribution is 5.96. The minimum atomic E-state index is -2.58. The lowest BCUT2D eigenvalue weighted by Gasteiger charge is -2.67. The van der Waals surface area contributed by atoms with Gasteiger partial charge >= 0.3 is 29.8 Å². The largest absolute Gasteiger partial charge is 0.459 e. The molecule has 3 aliphatic carbocycles. The standard InChI is InChI=1S/C55H63NO21/c1-27-33(73-50(68)41(62)39(30-16-10-7-11-17-30)56-48(66)31-18-12-8-13-19-31)23-55(69)47(76-49(67)32-20-14-9-15-21-32)45-53(6,46(65)44(72-28(2)58)38(27)52(55,4)5)35(22-36-54(45,26-71-36)77-29(3)59)75-37(60)25-70-51-43(64)42(63)40(61)34(24-57)74-51/h7-21,33-36,39-45,47,51,57,61-64,69H,22-26H2,1-6H3,(H,56,66)/t33-,34+,35-,36+,39-,40+,41+,42-,43+,44+,45?,47?,51-,53+,54-,55+/m0/s1. The molecule has 5 aliphatic rings. The van der Waals surface area contributed by atoms with Gasteiger partial charge in [0.05, 0.1) is 36.2 Å². The van der Waals surface area contributed by atoms with Crippen molar-refractivity contribution < 1.29 is 102 Å². The van der Waals surface area contributed by atoms with Gasteiger partial charge in [-0.2, -0.15) is 0 Å². The molecule has 3 aromatic rings. The molecule has 7 N–H and O–H groups in total. The van der Waals surface area contributed by atoms with Gasteiger partial charge < -0.3 is 73.9 Å². The van der Waals surface area contributed by atoms with Gasteiger partial charge in [0.25, 0.3) is 5.91 Å². The summed E-state index contributed by atoms with van der Waals surface area (Å²) in [4.78, 5) is 99.9. The Morgan fingerprint density at radius 2 is 1.40 bits per heavy atom. The molecule has 414 valence electrons. The van der Waals surface area contributed by atoms with Crippen molar-refractivity contribution in [2.45, 2.75) is 139 Å². The second-order valence-corrected chi connectivity index (χ2v) is 20.8. The molecular formula is C55H63NO21. The Morgan fingerprint density at radius 3 is 1.97 bits per heavy atom. The van der Waals surface area contributed by atoms with E-state index in [-0.39, 0.29) is 22.3 Å². The van der Waals surface area contributed by atoms with Crippen LogP contribution in [0.5, 0.6) is 0 Å². The summed E-state index contributed by atoms with van der Waals surface area (Å²) in [6, 6.07) is 22.2. The van der Waals surface area contributed by atoms with Crippen LogP contribution >= 0.6 is 0 Å². The molecule has 2 aliphatic heterocycles. The van der Waals surface area contributed by atoms with Gasteiger partial charge in [0.2, 0.25) is 0 Å². The lowest BCUT2D eigenvalue weighted by molar-refractivity contribution is -0.347. The van der Waals surface area contributed by atoms with Crippen molar-refractivity contribution in [3.8, 4) is 0 Å². The Morgan fingerprint density at radius 1 is 0.792 bits per heavy atom. The second kappa shape index (κ2) is 22.1. The molecule has 2 bridgehead atoms. The Bertz CT molecular complexity index is 2750. The molecule has 2 unspecified atom stereocenters. The van der Waals surface area contributed by atoms with Crippen LogP contribution in [0.4, 0.5) is 0 Å². The van der Waals surface area contributed by atoms with E-state index in [9.17, 15) is 59.4 Å². The minimum absolute atomic E-state index is 0.0350. The fourth-order valence-electron chi connectivity index (χ4n) is 11.9. The Kier molecular flexibility index (Phi) is 16.3. The number of aliphatic hydroxyl groups is 6. The van der Waals surface area contributed by atoms with Crippen LogP contribution < -0.4 is 5.32 Å². The zero-order valence-electron chi connectivity index (χ0n) is 43.0. The third kappa shape index (κ3) is 10.3. The maximum Gasteiger partial charge on any atom is 0.338 e. The van der Waals surface area contributed by atoms with Gasteiger partial charge in [0.1, 0.15) is 61.0 Å². The molecule has 3 aromatic carbocycles. The molecule has 77 heavy (non-hydrogen) atoms. The van der Waals surface area contributed by atoms with E-state index in [1.165, 1.54) is 52.0 Å². The predicted octanol–water partition coefficient (Wildman–Crippen LogP) is 1.10. The van der Waals surface area contributed by atoms with Crippen molar-refractivity contribution in [1.29, 1.82) is 0 Å². The number of fused-ring (bicyclic) bond motifs is 5. The van der Waals surface area contributed by atoms with Crippen molar-refractivity contribution in [3.63, 3.8) is 0 Å².